The fraction of sp³-hybridized carbons (Fsp3) is 0.294. The SMILES string of the molecule is C=CCCCN(c1cccc(NC)n1)c1cccc(NC)n1. The minimum absolute atomic E-state index is 0.840. The molecule has 0 unspecified atom stereocenters. The molecule has 0 aromatic carbocycles. The van der Waals surface area contributed by atoms with E-state index in [2.05, 4.69) is 32.1 Å². The first-order chi connectivity index (χ1) is 10.8. The van der Waals surface area contributed by atoms with Crippen molar-refractivity contribution in [2.75, 3.05) is 36.2 Å². The molecule has 2 aromatic heterocycles. The molecular formula is C17H23N5. The molecule has 22 heavy (non-hydrogen) atoms. The molecule has 2 heterocycles. The number of nitrogens with zero attached hydrogens (tertiary/aromatic N) is 3. The summed E-state index contributed by atoms with van der Waals surface area (Å²) in [5.41, 5.74) is 0. The van der Waals surface area contributed by atoms with Crippen molar-refractivity contribution in [3.8, 4) is 0 Å². The first kappa shape index (κ1) is 15.8. The lowest BCUT2D eigenvalue weighted by molar-refractivity contribution is 0.809. The summed E-state index contributed by atoms with van der Waals surface area (Å²) in [6.07, 6.45) is 3.90. The molecule has 0 spiro atoms. The van der Waals surface area contributed by atoms with Gasteiger partial charge in [0.25, 0.3) is 0 Å². The number of anilines is 4. The quantitative estimate of drug-likeness (QED) is 0.575. The molecule has 5 heteroatoms. The average molecular weight is 297 g/mol. The topological polar surface area (TPSA) is 53.1 Å². The molecule has 2 rings (SSSR count). The van der Waals surface area contributed by atoms with Crippen LogP contribution in [0.1, 0.15) is 12.8 Å². The van der Waals surface area contributed by atoms with Crippen LogP contribution in [0.5, 0.6) is 0 Å². The second-order valence-electron chi connectivity index (χ2n) is 4.84. The van der Waals surface area contributed by atoms with Crippen molar-refractivity contribution in [1.29, 1.82) is 0 Å². The summed E-state index contributed by atoms with van der Waals surface area (Å²) >= 11 is 0. The third kappa shape index (κ3) is 3.97. The standard InChI is InChI=1S/C17H23N5/c1-4-5-6-13-22(16-11-7-9-14(18-2)20-16)17-12-8-10-15(19-3)21-17/h4,7-12H,1,5-6,13H2,2-3H3,(H,18,20)(H,19,21). The molecule has 0 aliphatic carbocycles. The van der Waals surface area contributed by atoms with Gasteiger partial charge in [0.15, 0.2) is 0 Å². The zero-order valence-corrected chi connectivity index (χ0v) is 13.2. The van der Waals surface area contributed by atoms with Crippen LogP contribution in [0.2, 0.25) is 0 Å². The van der Waals surface area contributed by atoms with E-state index in [9.17, 15) is 0 Å². The Labute approximate surface area is 132 Å². The first-order valence-corrected chi connectivity index (χ1v) is 7.46. The zero-order chi connectivity index (χ0) is 15.8. The van der Waals surface area contributed by atoms with Crippen LogP contribution in [0, 0.1) is 0 Å². The van der Waals surface area contributed by atoms with Crippen molar-refractivity contribution in [2.24, 2.45) is 0 Å². The molecule has 2 N–H and O–H groups in total. The number of nitrogens with one attached hydrogen (secondary N) is 2. The lowest BCUT2D eigenvalue weighted by atomic mass is 10.2. The average Bonchev–Trinajstić information content (AvgIpc) is 2.59. The number of aromatic nitrogens is 2. The molecule has 0 saturated heterocycles. The maximum Gasteiger partial charge on any atom is 0.136 e. The van der Waals surface area contributed by atoms with E-state index >= 15 is 0 Å². The van der Waals surface area contributed by atoms with Gasteiger partial charge in [0.2, 0.25) is 0 Å². The fourth-order valence-electron chi connectivity index (χ4n) is 2.17. The third-order valence-corrected chi connectivity index (χ3v) is 3.32. The van der Waals surface area contributed by atoms with Crippen LogP contribution in [-0.2, 0) is 0 Å². The molecular weight excluding hydrogens is 274 g/mol. The summed E-state index contributed by atoms with van der Waals surface area (Å²) in [4.78, 5) is 11.4. The van der Waals surface area contributed by atoms with Crippen molar-refractivity contribution in [2.45, 2.75) is 12.8 Å². The number of allylic oxidation sites excluding steroid dienone is 1. The van der Waals surface area contributed by atoms with Crippen LogP contribution in [0.4, 0.5) is 23.3 Å². The Morgan fingerprint density at radius 3 is 2.00 bits per heavy atom. The lowest BCUT2D eigenvalue weighted by Crippen LogP contribution is -2.21. The van der Waals surface area contributed by atoms with Gasteiger partial charge in [-0.1, -0.05) is 18.2 Å². The summed E-state index contributed by atoms with van der Waals surface area (Å²) in [6, 6.07) is 11.9. The Balaban J connectivity index is 2.33. The molecule has 0 amide bonds. The number of pyridine rings is 2. The van der Waals surface area contributed by atoms with E-state index in [1.807, 2.05) is 56.6 Å². The van der Waals surface area contributed by atoms with Gasteiger partial charge in [-0.3, -0.25) is 0 Å². The van der Waals surface area contributed by atoms with Gasteiger partial charge in [-0.15, -0.1) is 6.58 Å². The van der Waals surface area contributed by atoms with E-state index in [1.54, 1.807) is 0 Å². The molecule has 0 aliphatic heterocycles. The first-order valence-electron chi connectivity index (χ1n) is 7.46. The predicted octanol–water partition coefficient (Wildman–Crippen LogP) is 3.66. The van der Waals surface area contributed by atoms with Gasteiger partial charge in [0.1, 0.15) is 23.3 Å². The summed E-state index contributed by atoms with van der Waals surface area (Å²) in [6.45, 7) is 4.63. The summed E-state index contributed by atoms with van der Waals surface area (Å²) in [5.74, 6) is 3.46. The van der Waals surface area contributed by atoms with Crippen LogP contribution < -0.4 is 15.5 Å². The highest BCUT2D eigenvalue weighted by Gasteiger charge is 2.12. The van der Waals surface area contributed by atoms with Crippen LogP contribution >= 0.6 is 0 Å². The van der Waals surface area contributed by atoms with Gasteiger partial charge in [-0.25, -0.2) is 9.97 Å². The molecule has 0 radical (unpaired) electrons. The van der Waals surface area contributed by atoms with E-state index in [0.29, 0.717) is 0 Å². The van der Waals surface area contributed by atoms with Gasteiger partial charge >= 0.3 is 0 Å². The molecule has 2 aromatic rings. The zero-order valence-electron chi connectivity index (χ0n) is 13.2. The number of rotatable bonds is 8. The monoisotopic (exact) mass is 297 g/mol. The summed E-state index contributed by atoms with van der Waals surface area (Å²) < 4.78 is 0. The van der Waals surface area contributed by atoms with Gasteiger partial charge in [-0.05, 0) is 37.1 Å². The largest absolute Gasteiger partial charge is 0.373 e. The van der Waals surface area contributed by atoms with Gasteiger partial charge in [-0.2, -0.15) is 0 Å². The molecule has 0 aliphatic rings. The van der Waals surface area contributed by atoms with Crippen LogP contribution in [0.25, 0.3) is 0 Å². The van der Waals surface area contributed by atoms with E-state index < -0.39 is 0 Å². The second kappa shape index (κ2) is 8.02. The van der Waals surface area contributed by atoms with Crippen molar-refractivity contribution in [1.82, 2.24) is 9.97 Å². The van der Waals surface area contributed by atoms with Crippen molar-refractivity contribution in [3.05, 3.63) is 49.1 Å². The molecule has 0 fully saturated rings. The molecule has 0 atom stereocenters. The molecule has 0 saturated carbocycles. The van der Waals surface area contributed by atoms with Gasteiger partial charge in [0.05, 0.1) is 0 Å². The van der Waals surface area contributed by atoms with E-state index in [-0.39, 0.29) is 0 Å². The minimum atomic E-state index is 0.840. The minimum Gasteiger partial charge on any atom is -0.373 e. The van der Waals surface area contributed by atoms with E-state index in [0.717, 1.165) is 42.7 Å². The van der Waals surface area contributed by atoms with Crippen molar-refractivity contribution < 1.29 is 0 Å². The van der Waals surface area contributed by atoms with E-state index in [4.69, 9.17) is 0 Å². The summed E-state index contributed by atoms with van der Waals surface area (Å²) in [7, 11) is 3.74. The predicted molar refractivity (Wildman–Crippen MR) is 94.0 cm³/mol. The highest BCUT2D eigenvalue weighted by Crippen LogP contribution is 2.24. The maximum atomic E-state index is 4.63. The molecule has 5 nitrogen and oxygen atoms in total. The number of hydrogen-bond acceptors (Lipinski definition) is 5. The van der Waals surface area contributed by atoms with Crippen LogP contribution in [0.3, 0.4) is 0 Å². The van der Waals surface area contributed by atoms with Crippen LogP contribution in [-0.4, -0.2) is 30.6 Å². The third-order valence-electron chi connectivity index (χ3n) is 3.32. The Hall–Kier alpha value is -2.56. The fourth-order valence-corrected chi connectivity index (χ4v) is 2.17. The van der Waals surface area contributed by atoms with E-state index in [1.165, 1.54) is 0 Å². The number of unbranched alkanes of at least 4 members (excludes halogenated alkanes) is 1. The van der Waals surface area contributed by atoms with Crippen LogP contribution in [0.15, 0.2) is 49.1 Å². The Kier molecular flexibility index (Phi) is 5.77. The second-order valence-corrected chi connectivity index (χ2v) is 4.84. The Morgan fingerprint density at radius 1 is 1.00 bits per heavy atom. The number of hydrogen-bond donors (Lipinski definition) is 2. The molecule has 0 bridgehead atoms. The smallest absolute Gasteiger partial charge is 0.136 e. The normalized spacial score (nSPS) is 10.1. The van der Waals surface area contributed by atoms with Crippen molar-refractivity contribution >= 4 is 23.3 Å². The summed E-state index contributed by atoms with van der Waals surface area (Å²) in [5, 5.41) is 6.15. The van der Waals surface area contributed by atoms with Gasteiger partial charge < -0.3 is 15.5 Å². The lowest BCUT2D eigenvalue weighted by Gasteiger charge is -2.23. The maximum absolute atomic E-state index is 4.63. The van der Waals surface area contributed by atoms with Gasteiger partial charge in [0, 0.05) is 20.6 Å². The molecule has 116 valence electrons. The highest BCUT2D eigenvalue weighted by atomic mass is 15.2. The highest BCUT2D eigenvalue weighted by molar-refractivity contribution is 5.60. The van der Waals surface area contributed by atoms with Crippen molar-refractivity contribution in [3.63, 3.8) is 0 Å². The Bertz CT molecular complexity index is 564. The Morgan fingerprint density at radius 2 is 1.55 bits per heavy atom.